The van der Waals surface area contributed by atoms with E-state index < -0.39 is 53.9 Å². The second kappa shape index (κ2) is 6.14. The van der Waals surface area contributed by atoms with Crippen LogP contribution in [-0.2, 0) is 0 Å². The van der Waals surface area contributed by atoms with Gasteiger partial charge >= 0.3 is 41.6 Å². The second-order valence-electron chi connectivity index (χ2n) is 4.50. The molecule has 0 rings (SSSR count). The minimum Gasteiger partial charge on any atom is -0.200 e. The molecule has 0 bridgehead atoms. The second-order valence-corrected chi connectivity index (χ2v) is 4.50. The van der Waals surface area contributed by atoms with Gasteiger partial charge in [-0.3, -0.25) is 0 Å². The van der Waals surface area contributed by atoms with Crippen LogP contribution in [-0.4, -0.2) is 35.5 Å². The molecule has 0 nitrogen and oxygen atoms in total. The van der Waals surface area contributed by atoms with Crippen molar-refractivity contribution in [2.24, 2.45) is 0 Å². The largest absolute Gasteiger partial charge is 0.385 e. The summed E-state index contributed by atoms with van der Waals surface area (Å²) in [5.74, 6) is -49.4. The highest BCUT2D eigenvalue weighted by atomic mass is 19.4. The molecule has 0 spiro atoms. The van der Waals surface area contributed by atoms with Gasteiger partial charge in [-0.1, -0.05) is 6.92 Å². The Morgan fingerprint density at radius 1 is 0.560 bits per heavy atom. The van der Waals surface area contributed by atoms with Crippen molar-refractivity contribution >= 4 is 0 Å². The third kappa shape index (κ3) is 3.02. The Labute approximate surface area is 128 Å². The van der Waals surface area contributed by atoms with Crippen molar-refractivity contribution in [2.45, 2.75) is 48.9 Å². The Kier molecular flexibility index (Phi) is 5.82. The Bertz CT molecular complexity index is 524. The first kappa shape index (κ1) is 23.7. The van der Waals surface area contributed by atoms with Crippen molar-refractivity contribution < 1.29 is 65.9 Å². The van der Waals surface area contributed by atoms with Crippen LogP contribution < -0.4 is 0 Å². The van der Waals surface area contributed by atoms with E-state index in [-0.39, 0.29) is 6.92 Å². The summed E-state index contributed by atoms with van der Waals surface area (Å²) in [6.45, 7) is 0.0375. The highest BCUT2D eigenvalue weighted by molar-refractivity contribution is 5.19. The van der Waals surface area contributed by atoms with Gasteiger partial charge in [0.05, 0.1) is 0 Å². The lowest BCUT2D eigenvalue weighted by molar-refractivity contribution is -0.422. The molecule has 0 heterocycles. The van der Waals surface area contributed by atoms with Gasteiger partial charge in [0.2, 0.25) is 5.83 Å². The normalized spacial score (nSPS) is 15.4. The van der Waals surface area contributed by atoms with Crippen molar-refractivity contribution in [3.63, 3.8) is 0 Å². The summed E-state index contributed by atoms with van der Waals surface area (Å²) in [6.07, 6.45) is -6.67. The van der Waals surface area contributed by atoms with Crippen LogP contribution in [0.1, 0.15) is 13.3 Å². The Balaban J connectivity index is 6.51. The van der Waals surface area contributed by atoms with Crippen LogP contribution in [0.5, 0.6) is 0 Å². The first-order valence-electron chi connectivity index (χ1n) is 5.65. The molecule has 0 radical (unpaired) electrons. The molecule has 0 aromatic heterocycles. The maximum absolute atomic E-state index is 13.0. The van der Waals surface area contributed by atoms with Crippen molar-refractivity contribution in [1.82, 2.24) is 0 Å². The van der Waals surface area contributed by atoms with Crippen LogP contribution in [0.3, 0.4) is 0 Å². The van der Waals surface area contributed by atoms with Gasteiger partial charge < -0.3 is 0 Å². The first-order chi connectivity index (χ1) is 10.7. The molecule has 0 atom stereocenters. The van der Waals surface area contributed by atoms with Crippen LogP contribution in [0.2, 0.25) is 0 Å². The fraction of sp³-hybridized carbons (Fsp3) is 0.800. The van der Waals surface area contributed by atoms with E-state index in [0.717, 1.165) is 0 Å². The summed E-state index contributed by atoms with van der Waals surface area (Å²) >= 11 is 0. The van der Waals surface area contributed by atoms with Gasteiger partial charge in [-0.15, -0.1) is 0 Å². The van der Waals surface area contributed by atoms with Gasteiger partial charge in [0, 0.05) is 6.42 Å². The minimum atomic E-state index is -8.07. The van der Waals surface area contributed by atoms with Crippen LogP contribution in [0, 0.1) is 0 Å². The summed E-state index contributed by atoms with van der Waals surface area (Å²) < 4.78 is 190. The highest BCUT2D eigenvalue weighted by Gasteiger charge is 2.90. The SMILES string of the molecule is CCC(F)(F)C(F)(F)C(F)(F)C(F)(F)C(F)(F)C(F)(F)C(F)=C(F)F. The van der Waals surface area contributed by atoms with Gasteiger partial charge in [0.25, 0.3) is 0 Å². The van der Waals surface area contributed by atoms with Crippen molar-refractivity contribution in [1.29, 1.82) is 0 Å². The van der Waals surface area contributed by atoms with Crippen molar-refractivity contribution in [3.8, 4) is 0 Å². The number of rotatable bonds is 7. The molecule has 15 heteroatoms. The predicted molar refractivity (Wildman–Crippen MR) is 50.3 cm³/mol. The van der Waals surface area contributed by atoms with E-state index in [0.29, 0.717) is 0 Å². The van der Waals surface area contributed by atoms with E-state index in [2.05, 4.69) is 0 Å². The summed E-state index contributed by atoms with van der Waals surface area (Å²) in [5.41, 5.74) is 0. The van der Waals surface area contributed by atoms with Crippen LogP contribution in [0.15, 0.2) is 11.9 Å². The van der Waals surface area contributed by atoms with Crippen LogP contribution in [0.4, 0.5) is 65.9 Å². The molecule has 0 N–H and O–H groups in total. The third-order valence-electron chi connectivity index (χ3n) is 2.92. The summed E-state index contributed by atoms with van der Waals surface area (Å²) in [4.78, 5) is 0. The fourth-order valence-corrected chi connectivity index (χ4v) is 1.30. The van der Waals surface area contributed by atoms with E-state index in [9.17, 15) is 65.9 Å². The molecule has 0 aliphatic heterocycles. The lowest BCUT2D eigenvalue weighted by atomic mass is 9.90. The molecular formula is C10H5F15. The number of hydrogen-bond donors (Lipinski definition) is 0. The zero-order valence-corrected chi connectivity index (χ0v) is 11.4. The fourth-order valence-electron chi connectivity index (χ4n) is 1.30. The maximum Gasteiger partial charge on any atom is 0.385 e. The standard InChI is InChI=1S/C10H5F15/c1-2-5(14,15)7(18,19)9(22,23)10(24,25)8(20,21)6(16,17)3(11)4(12)13/h2H2,1H3. The quantitative estimate of drug-likeness (QED) is 0.433. The lowest BCUT2D eigenvalue weighted by Gasteiger charge is -2.40. The molecule has 25 heavy (non-hydrogen) atoms. The monoisotopic (exact) mass is 410 g/mol. The van der Waals surface area contributed by atoms with Gasteiger partial charge in [-0.05, 0) is 0 Å². The first-order valence-corrected chi connectivity index (χ1v) is 5.65. The molecule has 0 fully saturated rings. The van der Waals surface area contributed by atoms with E-state index in [4.69, 9.17) is 0 Å². The molecule has 0 aliphatic rings. The van der Waals surface area contributed by atoms with E-state index in [1.807, 2.05) is 0 Å². The molecule has 0 aromatic rings. The Morgan fingerprint density at radius 2 is 0.880 bits per heavy atom. The van der Waals surface area contributed by atoms with Crippen molar-refractivity contribution in [3.05, 3.63) is 11.9 Å². The van der Waals surface area contributed by atoms with Crippen LogP contribution in [0.25, 0.3) is 0 Å². The van der Waals surface area contributed by atoms with E-state index >= 15 is 0 Å². The predicted octanol–water partition coefficient (Wildman–Crippen LogP) is 6.29. The van der Waals surface area contributed by atoms with Gasteiger partial charge in [-0.25, -0.2) is 0 Å². The van der Waals surface area contributed by atoms with Crippen molar-refractivity contribution in [2.75, 3.05) is 0 Å². The zero-order chi connectivity index (χ0) is 20.9. The summed E-state index contributed by atoms with van der Waals surface area (Å²) in [7, 11) is 0. The highest BCUT2D eigenvalue weighted by Crippen LogP contribution is 2.61. The van der Waals surface area contributed by atoms with E-state index in [1.165, 1.54) is 0 Å². The average molecular weight is 410 g/mol. The third-order valence-corrected chi connectivity index (χ3v) is 2.92. The van der Waals surface area contributed by atoms with Gasteiger partial charge in [0.1, 0.15) is 0 Å². The Hall–Kier alpha value is -1.31. The van der Waals surface area contributed by atoms with Gasteiger partial charge in [-0.2, -0.15) is 65.9 Å². The Morgan fingerprint density at radius 3 is 1.16 bits per heavy atom. The van der Waals surface area contributed by atoms with Crippen LogP contribution >= 0.6 is 0 Å². The number of alkyl halides is 12. The average Bonchev–Trinajstić information content (AvgIpc) is 2.44. The molecule has 0 aliphatic carbocycles. The lowest BCUT2D eigenvalue weighted by Crippen LogP contribution is -2.70. The molecule has 0 saturated heterocycles. The molecule has 0 saturated carbocycles. The molecular weight excluding hydrogens is 405 g/mol. The molecule has 0 aromatic carbocycles. The minimum absolute atomic E-state index is 0.0375. The topological polar surface area (TPSA) is 0 Å². The molecule has 0 amide bonds. The molecule has 0 unspecified atom stereocenters. The zero-order valence-electron chi connectivity index (χ0n) is 11.4. The summed E-state index contributed by atoms with van der Waals surface area (Å²) in [5, 5.41) is 0. The smallest absolute Gasteiger partial charge is 0.200 e. The van der Waals surface area contributed by atoms with E-state index in [1.54, 1.807) is 0 Å². The number of allylic oxidation sites excluding steroid dienone is 1. The number of halogens is 15. The summed E-state index contributed by atoms with van der Waals surface area (Å²) in [6, 6.07) is 0. The maximum atomic E-state index is 13.0. The van der Waals surface area contributed by atoms with Gasteiger partial charge in [0.15, 0.2) is 0 Å². The number of hydrogen-bond acceptors (Lipinski definition) is 0. The molecule has 150 valence electrons.